The maximum absolute atomic E-state index is 13.8. The minimum atomic E-state index is -2.16. The third-order valence-corrected chi connectivity index (χ3v) is 7.39. The molecule has 0 bridgehead atoms. The number of nitrogens with two attached hydrogens (primary N) is 9. The number of phenolic OH excluding ortho intramolecular Hbond substituents is 1. The number of benzene rings is 2. The van der Waals surface area contributed by atoms with Crippen LogP contribution in [-0.4, -0.2) is 126 Å². The van der Waals surface area contributed by atoms with Crippen molar-refractivity contribution in [3.8, 4) is 11.5 Å². The van der Waals surface area contributed by atoms with E-state index in [9.17, 15) is 43.8 Å². The minimum Gasteiger partial charge on any atom is -0.507 e. The number of aliphatic hydroxyl groups is 1. The standard InChI is InChI=1S/C33H48N20O10/c1-12(34)44-20(26(58)49-21(51-31(37)38)25(57)46-18(35)19(36)55)48-28(60)23(53-33(41)42)50-27(59)22(52-32(39)40)47-24(56)17(13-6-4-3-5-7-13)45-30(62)29(61)43-11-14-10-15(63-2)8-9-16(14)54/h3-11,17-18,20-23,29,54,61H,35H2,1-2H3,(H2,34,44)(H2,36,55)(H,45,62)(H,46,57)(H,47,56)(H,48,60)(H,49,58)(H,50,59)(H4,37,38,51)(H4,39,40,52)(H4,41,42,53)/b43-11+. The zero-order valence-electron chi connectivity index (χ0n) is 33.3. The van der Waals surface area contributed by atoms with Crippen LogP contribution in [0.2, 0.25) is 0 Å². The highest BCUT2D eigenvalue weighted by Gasteiger charge is 2.34. The lowest BCUT2D eigenvalue weighted by Crippen LogP contribution is -2.60. The van der Waals surface area contributed by atoms with Crippen LogP contribution in [-0.2, 0) is 33.6 Å². The van der Waals surface area contributed by atoms with Crippen molar-refractivity contribution in [2.45, 2.75) is 50.0 Å². The summed E-state index contributed by atoms with van der Waals surface area (Å²) in [5, 5.41) is 33.2. The summed E-state index contributed by atoms with van der Waals surface area (Å²) in [4.78, 5) is 110. The van der Waals surface area contributed by atoms with Crippen molar-refractivity contribution in [3.05, 3.63) is 59.7 Å². The average Bonchev–Trinajstić information content (AvgIpc) is 3.20. The molecule has 7 unspecified atom stereocenters. The van der Waals surface area contributed by atoms with E-state index in [2.05, 4.69) is 46.2 Å². The zero-order chi connectivity index (χ0) is 47.6. The van der Waals surface area contributed by atoms with Crippen molar-refractivity contribution in [2.24, 2.45) is 76.6 Å². The number of nitrogens with one attached hydrogen (secondary N) is 6. The third-order valence-electron chi connectivity index (χ3n) is 7.39. The van der Waals surface area contributed by atoms with E-state index in [1.807, 2.05) is 10.6 Å². The molecule has 63 heavy (non-hydrogen) atoms. The smallest absolute Gasteiger partial charge is 0.272 e. The molecular formula is C33H48N20O10. The second kappa shape index (κ2) is 23.7. The Morgan fingerprint density at radius 2 is 1.06 bits per heavy atom. The predicted molar refractivity (Wildman–Crippen MR) is 223 cm³/mol. The number of methoxy groups -OCH3 is 1. The summed E-state index contributed by atoms with van der Waals surface area (Å²) < 4.78 is 5.08. The molecule has 7 atom stereocenters. The van der Waals surface area contributed by atoms with Crippen molar-refractivity contribution < 1.29 is 48.5 Å². The van der Waals surface area contributed by atoms with E-state index in [0.29, 0.717) is 5.75 Å². The van der Waals surface area contributed by atoms with Crippen LogP contribution in [0, 0.1) is 0 Å². The number of guanidine groups is 3. The van der Waals surface area contributed by atoms with Gasteiger partial charge in [-0.15, -0.1) is 0 Å². The average molecular weight is 885 g/mol. The van der Waals surface area contributed by atoms with E-state index in [-0.39, 0.29) is 22.7 Å². The van der Waals surface area contributed by atoms with E-state index in [4.69, 9.17) is 56.3 Å². The molecule has 30 nitrogen and oxygen atoms in total. The number of amidine groups is 1. The van der Waals surface area contributed by atoms with E-state index in [0.717, 1.165) is 6.21 Å². The summed E-state index contributed by atoms with van der Waals surface area (Å²) in [5.41, 5.74) is 49.0. The molecule has 30 heteroatoms. The molecule has 26 N–H and O–H groups in total. The number of ether oxygens (including phenoxy) is 1. The number of nitrogens with zero attached hydrogens (tertiary/aromatic N) is 5. The normalized spacial score (nSPS) is 14.3. The summed E-state index contributed by atoms with van der Waals surface area (Å²) in [7, 11) is 1.37. The van der Waals surface area contributed by atoms with Crippen LogP contribution < -0.4 is 88.2 Å². The molecule has 0 spiro atoms. The first-order chi connectivity index (χ1) is 29.5. The van der Waals surface area contributed by atoms with Gasteiger partial charge in [0.05, 0.1) is 12.9 Å². The molecule has 0 radical (unpaired) electrons. The van der Waals surface area contributed by atoms with Gasteiger partial charge in [-0.2, -0.15) is 0 Å². The Hall–Kier alpha value is -8.80. The van der Waals surface area contributed by atoms with Crippen LogP contribution >= 0.6 is 0 Å². The lowest BCUT2D eigenvalue weighted by atomic mass is 10.1. The highest BCUT2D eigenvalue weighted by Crippen LogP contribution is 2.21. The fourth-order valence-electron chi connectivity index (χ4n) is 4.58. The second-order valence-electron chi connectivity index (χ2n) is 12.4. The number of hydrogen-bond acceptors (Lipinski definition) is 16. The van der Waals surface area contributed by atoms with Gasteiger partial charge in [0.15, 0.2) is 24.0 Å². The molecule has 0 heterocycles. The zero-order valence-corrected chi connectivity index (χ0v) is 33.3. The highest BCUT2D eigenvalue weighted by atomic mass is 16.5. The van der Waals surface area contributed by atoms with Gasteiger partial charge in [0.25, 0.3) is 35.4 Å². The Morgan fingerprint density at radius 1 is 0.619 bits per heavy atom. The SMILES string of the molecule is COc1ccc(O)c(/C=N/C(O)C(=O)NC(C(=O)NC(N=C(N)N)C(=O)NC(N=C(N)N)C(=O)NC(N=C(C)N)C(=O)NC(N=C(N)N)C(=O)NC(N)C(N)=O)c2ccccc2)c1. The predicted octanol–water partition coefficient (Wildman–Crippen LogP) is -9.15. The summed E-state index contributed by atoms with van der Waals surface area (Å²) in [6.07, 6.45) is -11.2. The Labute approximate surface area is 356 Å². The number of carbonyl (C=O) groups excluding carboxylic acids is 7. The summed E-state index contributed by atoms with van der Waals surface area (Å²) in [6.45, 7) is 1.20. The fraction of sp³-hybridized carbons (Fsp3) is 0.273. The first-order valence-corrected chi connectivity index (χ1v) is 17.6. The van der Waals surface area contributed by atoms with Gasteiger partial charge in [0.2, 0.25) is 36.8 Å². The molecule has 0 aromatic heterocycles. The second-order valence-corrected chi connectivity index (χ2v) is 12.4. The van der Waals surface area contributed by atoms with Gasteiger partial charge in [-0.3, -0.25) is 38.6 Å². The van der Waals surface area contributed by atoms with Crippen molar-refractivity contribution >= 4 is 71.3 Å². The van der Waals surface area contributed by atoms with Gasteiger partial charge in [-0.05, 0) is 30.7 Å². The number of rotatable bonds is 21. The Bertz CT molecular complexity index is 2150. The third kappa shape index (κ3) is 16.8. The highest BCUT2D eigenvalue weighted by molar-refractivity contribution is 5.99. The first-order valence-electron chi connectivity index (χ1n) is 17.6. The molecule has 0 aliphatic rings. The molecule has 2 rings (SSSR count). The number of aromatic hydroxyl groups is 1. The maximum Gasteiger partial charge on any atom is 0.272 e. The molecule has 0 saturated carbocycles. The molecule has 0 aliphatic heterocycles. The van der Waals surface area contributed by atoms with Crippen LogP contribution in [0.1, 0.15) is 24.1 Å². The minimum absolute atomic E-state index is 0.0724. The van der Waals surface area contributed by atoms with Gasteiger partial charge in [-0.25, -0.2) is 20.0 Å². The number of phenols is 1. The lowest BCUT2D eigenvalue weighted by Gasteiger charge is -2.24. The largest absolute Gasteiger partial charge is 0.507 e. The number of carbonyl (C=O) groups is 7. The number of hydrogen-bond donors (Lipinski definition) is 17. The number of primary amides is 1. The lowest BCUT2D eigenvalue weighted by molar-refractivity contribution is -0.136. The number of aliphatic imine (C=N–C) groups is 5. The molecule has 0 aliphatic carbocycles. The Morgan fingerprint density at radius 3 is 1.49 bits per heavy atom. The Kier molecular flexibility index (Phi) is 18.9. The molecule has 0 fully saturated rings. The monoisotopic (exact) mass is 884 g/mol. The van der Waals surface area contributed by atoms with Crippen LogP contribution in [0.3, 0.4) is 0 Å². The molecule has 340 valence electrons. The van der Waals surface area contributed by atoms with Crippen LogP contribution in [0.15, 0.2) is 73.5 Å². The van der Waals surface area contributed by atoms with Crippen LogP contribution in [0.4, 0.5) is 0 Å². The van der Waals surface area contributed by atoms with E-state index in [1.54, 1.807) is 6.07 Å². The summed E-state index contributed by atoms with van der Waals surface area (Å²) >= 11 is 0. The fourth-order valence-corrected chi connectivity index (χ4v) is 4.58. The van der Waals surface area contributed by atoms with Gasteiger partial charge < -0.3 is 98.5 Å². The van der Waals surface area contributed by atoms with E-state index >= 15 is 0 Å². The number of amides is 7. The van der Waals surface area contributed by atoms with Crippen LogP contribution in [0.5, 0.6) is 11.5 Å². The maximum atomic E-state index is 13.8. The molecule has 7 amide bonds. The van der Waals surface area contributed by atoms with Gasteiger partial charge >= 0.3 is 0 Å². The van der Waals surface area contributed by atoms with Crippen molar-refractivity contribution in [1.29, 1.82) is 0 Å². The van der Waals surface area contributed by atoms with E-state index in [1.165, 1.54) is 56.5 Å². The topological polar surface area (TPSA) is 537 Å². The molecule has 2 aromatic rings. The van der Waals surface area contributed by atoms with Crippen LogP contribution in [0.25, 0.3) is 0 Å². The van der Waals surface area contributed by atoms with Gasteiger partial charge in [0.1, 0.15) is 17.5 Å². The number of aliphatic hydroxyl groups excluding tert-OH is 1. The van der Waals surface area contributed by atoms with Gasteiger partial charge in [-0.1, -0.05) is 30.3 Å². The molecular weight excluding hydrogens is 836 g/mol. The quantitative estimate of drug-likeness (QED) is 0.0314. The van der Waals surface area contributed by atoms with Crippen molar-refractivity contribution in [1.82, 2.24) is 31.9 Å². The summed E-state index contributed by atoms with van der Waals surface area (Å²) in [6, 6.07) is 9.82. The molecule has 2 aromatic carbocycles. The van der Waals surface area contributed by atoms with Gasteiger partial charge in [0, 0.05) is 11.8 Å². The van der Waals surface area contributed by atoms with Crippen molar-refractivity contribution in [3.63, 3.8) is 0 Å². The van der Waals surface area contributed by atoms with Crippen molar-refractivity contribution in [2.75, 3.05) is 7.11 Å². The molecule has 0 saturated heterocycles. The Balaban J connectivity index is 2.40. The van der Waals surface area contributed by atoms with E-state index < -0.39 is 102 Å². The summed E-state index contributed by atoms with van der Waals surface area (Å²) in [5.74, 6) is -11.4. The first kappa shape index (κ1) is 50.3.